The van der Waals surface area contributed by atoms with Crippen LogP contribution < -0.4 is 4.74 Å². The van der Waals surface area contributed by atoms with Gasteiger partial charge in [-0.15, -0.1) is 0 Å². The molecule has 0 bridgehead atoms. The summed E-state index contributed by atoms with van der Waals surface area (Å²) in [5.74, 6) is -3.13. The number of halogens is 2. The Morgan fingerprint density at radius 2 is 1.73 bits per heavy atom. The molecule has 0 aliphatic rings. The molecule has 3 rings (SSSR count). The highest BCUT2D eigenvalue weighted by atomic mass is 35.5. The van der Waals surface area contributed by atoms with Crippen LogP contribution in [0.2, 0.25) is 5.02 Å². The van der Waals surface area contributed by atoms with Crippen LogP contribution in [-0.4, -0.2) is 58.4 Å². The average Bonchev–Trinajstić information content (AvgIpc) is 3.04. The van der Waals surface area contributed by atoms with Crippen LogP contribution in [-0.2, 0) is 9.59 Å². The molecule has 2 N–H and O–H groups in total. The Kier molecular flexibility index (Phi) is 7.79. The van der Waals surface area contributed by atoms with E-state index in [4.69, 9.17) is 36.1 Å². The van der Waals surface area contributed by atoms with Crippen molar-refractivity contribution in [3.63, 3.8) is 0 Å². The number of benzene rings is 2. The summed E-state index contributed by atoms with van der Waals surface area (Å²) in [6.45, 7) is 2.67. The lowest BCUT2D eigenvalue weighted by atomic mass is 10.2. The molecule has 0 unspecified atom stereocenters. The van der Waals surface area contributed by atoms with E-state index >= 15 is 0 Å². The van der Waals surface area contributed by atoms with Crippen LogP contribution in [0.15, 0.2) is 48.7 Å². The molecule has 9 heteroatoms. The van der Waals surface area contributed by atoms with Crippen molar-refractivity contribution in [1.82, 2.24) is 9.47 Å². The first-order chi connectivity index (χ1) is 14.1. The summed E-state index contributed by atoms with van der Waals surface area (Å²) < 4.78 is 21.2. The van der Waals surface area contributed by atoms with Crippen LogP contribution in [0.3, 0.4) is 0 Å². The average molecular weight is 437 g/mol. The molecule has 0 aliphatic carbocycles. The third-order valence-corrected chi connectivity index (χ3v) is 4.61. The van der Waals surface area contributed by atoms with Crippen LogP contribution in [0, 0.1) is 5.82 Å². The van der Waals surface area contributed by atoms with E-state index in [9.17, 15) is 4.39 Å². The van der Waals surface area contributed by atoms with Gasteiger partial charge in [-0.05, 0) is 63.5 Å². The molecular weight excluding hydrogens is 415 g/mol. The number of carboxylic acids is 2. The van der Waals surface area contributed by atoms with E-state index in [1.165, 1.54) is 12.1 Å². The van der Waals surface area contributed by atoms with Crippen molar-refractivity contribution in [3.05, 3.63) is 59.5 Å². The standard InChI is InChI=1S/C19H20ClFN2O.C2H2O4/c1-13(22(2)3)12-24-19-11-23(16-7-5-15(21)6-8-16)18-9-4-14(20)10-17(18)19;3-1(4)2(5)6/h4-11,13H,12H2,1-3H3;(H,3,4)(H,5,6)/t13-;/m1./s1. The van der Waals surface area contributed by atoms with Gasteiger partial charge in [0.05, 0.1) is 11.7 Å². The molecule has 2 aromatic carbocycles. The first-order valence-electron chi connectivity index (χ1n) is 8.92. The largest absolute Gasteiger partial charge is 0.490 e. The number of fused-ring (bicyclic) bond motifs is 1. The van der Waals surface area contributed by atoms with Gasteiger partial charge < -0.3 is 24.4 Å². The van der Waals surface area contributed by atoms with Crippen LogP contribution >= 0.6 is 11.6 Å². The zero-order chi connectivity index (χ0) is 22.4. The van der Waals surface area contributed by atoms with Crippen LogP contribution in [0.5, 0.6) is 5.75 Å². The van der Waals surface area contributed by atoms with Crippen molar-refractivity contribution in [2.24, 2.45) is 0 Å². The predicted molar refractivity (Wildman–Crippen MR) is 112 cm³/mol. The number of likely N-dealkylation sites (N-methyl/N-ethyl adjacent to an activating group) is 1. The topological polar surface area (TPSA) is 92.0 Å². The van der Waals surface area contributed by atoms with Crippen molar-refractivity contribution in [2.45, 2.75) is 13.0 Å². The minimum absolute atomic E-state index is 0.255. The fourth-order valence-corrected chi connectivity index (χ4v) is 2.63. The Morgan fingerprint density at radius 1 is 1.13 bits per heavy atom. The first kappa shape index (κ1) is 23.2. The first-order valence-corrected chi connectivity index (χ1v) is 9.30. The number of hydrogen-bond donors (Lipinski definition) is 2. The lowest BCUT2D eigenvalue weighted by Crippen LogP contribution is -2.30. The van der Waals surface area contributed by atoms with Crippen LogP contribution in [0.1, 0.15) is 6.92 Å². The van der Waals surface area contributed by atoms with Gasteiger partial charge in [0.15, 0.2) is 0 Å². The molecule has 0 amide bonds. The van der Waals surface area contributed by atoms with Gasteiger partial charge in [-0.1, -0.05) is 11.6 Å². The Balaban J connectivity index is 0.000000469. The Hall–Kier alpha value is -3.10. The number of aromatic nitrogens is 1. The molecule has 0 radical (unpaired) electrons. The second-order valence-corrected chi connectivity index (χ2v) is 7.17. The van der Waals surface area contributed by atoms with Gasteiger partial charge in [0.25, 0.3) is 0 Å². The number of ether oxygens (including phenoxy) is 1. The predicted octanol–water partition coefficient (Wildman–Crippen LogP) is 3.91. The van der Waals surface area contributed by atoms with E-state index in [0.717, 1.165) is 22.3 Å². The second kappa shape index (κ2) is 10.1. The van der Waals surface area contributed by atoms with Gasteiger partial charge in [0.1, 0.15) is 18.2 Å². The van der Waals surface area contributed by atoms with Gasteiger partial charge in [-0.2, -0.15) is 0 Å². The van der Waals surface area contributed by atoms with Gasteiger partial charge in [0, 0.05) is 22.1 Å². The molecule has 0 saturated heterocycles. The quantitative estimate of drug-likeness (QED) is 0.589. The minimum Gasteiger partial charge on any atom is -0.490 e. The van der Waals surface area contributed by atoms with Crippen molar-refractivity contribution in [2.75, 3.05) is 20.7 Å². The maximum atomic E-state index is 13.2. The third-order valence-electron chi connectivity index (χ3n) is 4.38. The van der Waals surface area contributed by atoms with E-state index in [1.54, 1.807) is 12.1 Å². The SMILES string of the molecule is C[C@H](COc1cn(-c2ccc(F)cc2)c2ccc(Cl)cc12)N(C)C.O=C(O)C(=O)O. The van der Waals surface area contributed by atoms with E-state index in [2.05, 4.69) is 11.8 Å². The molecule has 1 aromatic heterocycles. The fourth-order valence-electron chi connectivity index (χ4n) is 2.46. The van der Waals surface area contributed by atoms with E-state index in [-0.39, 0.29) is 11.9 Å². The summed E-state index contributed by atoms with van der Waals surface area (Å²) >= 11 is 6.16. The molecule has 3 aromatic rings. The highest BCUT2D eigenvalue weighted by molar-refractivity contribution is 6.31. The highest BCUT2D eigenvalue weighted by Crippen LogP contribution is 2.33. The Bertz CT molecular complexity index is 1020. The van der Waals surface area contributed by atoms with Gasteiger partial charge in [-0.3, -0.25) is 0 Å². The van der Waals surface area contributed by atoms with Crippen LogP contribution in [0.4, 0.5) is 4.39 Å². The van der Waals surface area contributed by atoms with E-state index in [1.807, 2.05) is 43.1 Å². The number of rotatable bonds is 5. The highest BCUT2D eigenvalue weighted by Gasteiger charge is 2.14. The van der Waals surface area contributed by atoms with E-state index < -0.39 is 11.9 Å². The molecule has 0 spiro atoms. The van der Waals surface area contributed by atoms with Gasteiger partial charge >= 0.3 is 11.9 Å². The normalized spacial score (nSPS) is 11.7. The van der Waals surface area contributed by atoms with E-state index in [0.29, 0.717) is 11.6 Å². The van der Waals surface area contributed by atoms with Crippen molar-refractivity contribution in [1.29, 1.82) is 0 Å². The Labute approximate surface area is 177 Å². The fraction of sp³-hybridized carbons (Fsp3) is 0.238. The van der Waals surface area contributed by atoms with Crippen molar-refractivity contribution < 1.29 is 28.9 Å². The summed E-state index contributed by atoms with van der Waals surface area (Å²) in [5, 5.41) is 16.4. The molecule has 160 valence electrons. The number of nitrogens with zero attached hydrogens (tertiary/aromatic N) is 2. The molecular formula is C21H22ClFN2O5. The van der Waals surface area contributed by atoms with Gasteiger partial charge in [0.2, 0.25) is 0 Å². The lowest BCUT2D eigenvalue weighted by Gasteiger charge is -2.19. The maximum Gasteiger partial charge on any atom is 0.414 e. The number of aliphatic carboxylic acids is 2. The van der Waals surface area contributed by atoms with Crippen LogP contribution in [0.25, 0.3) is 16.6 Å². The summed E-state index contributed by atoms with van der Waals surface area (Å²) in [6, 6.07) is 12.4. The molecule has 0 saturated carbocycles. The summed E-state index contributed by atoms with van der Waals surface area (Å²) in [7, 11) is 4.04. The zero-order valence-corrected chi connectivity index (χ0v) is 17.4. The molecule has 0 fully saturated rings. The zero-order valence-electron chi connectivity index (χ0n) is 16.7. The minimum atomic E-state index is -1.82. The molecule has 0 aliphatic heterocycles. The number of hydrogen-bond acceptors (Lipinski definition) is 4. The molecule has 7 nitrogen and oxygen atoms in total. The monoisotopic (exact) mass is 436 g/mol. The Morgan fingerprint density at radius 3 is 2.27 bits per heavy atom. The van der Waals surface area contributed by atoms with Crippen molar-refractivity contribution >= 4 is 34.4 Å². The van der Waals surface area contributed by atoms with Gasteiger partial charge in [-0.25, -0.2) is 14.0 Å². The molecule has 30 heavy (non-hydrogen) atoms. The number of carboxylic acid groups (broad SMARTS) is 2. The smallest absolute Gasteiger partial charge is 0.414 e. The summed E-state index contributed by atoms with van der Waals surface area (Å²) in [4.78, 5) is 20.3. The second-order valence-electron chi connectivity index (χ2n) is 6.74. The number of carbonyl (C=O) groups is 2. The molecule has 1 atom stereocenters. The van der Waals surface area contributed by atoms with Crippen molar-refractivity contribution in [3.8, 4) is 11.4 Å². The molecule has 1 heterocycles. The summed E-state index contributed by atoms with van der Waals surface area (Å²) in [6.07, 6.45) is 1.93. The summed E-state index contributed by atoms with van der Waals surface area (Å²) in [5.41, 5.74) is 1.85. The third kappa shape index (κ3) is 5.95. The maximum absolute atomic E-state index is 13.2. The lowest BCUT2D eigenvalue weighted by molar-refractivity contribution is -0.159.